The highest BCUT2D eigenvalue weighted by Crippen LogP contribution is 2.31. The molecule has 1 aromatic heterocycles. The number of carbonyl (C=O) groups excluding carboxylic acids is 2. The van der Waals surface area contributed by atoms with Gasteiger partial charge in [0.15, 0.2) is 0 Å². The summed E-state index contributed by atoms with van der Waals surface area (Å²) in [4.78, 5) is 23.0. The number of nitrogens with one attached hydrogen (secondary N) is 1. The zero-order chi connectivity index (χ0) is 10.9. The predicted octanol–water partition coefficient (Wildman–Crippen LogP) is 1.42. The van der Waals surface area contributed by atoms with Crippen molar-refractivity contribution in [2.75, 3.05) is 5.32 Å². The van der Waals surface area contributed by atoms with Crippen LogP contribution in [-0.4, -0.2) is 11.8 Å². The molecular weight excluding hydrogens is 200 g/mol. The SMILES string of the molecule is CC(=O)Nc1sc(C)c(C)c1C(N)=O. The van der Waals surface area contributed by atoms with E-state index in [1.807, 2.05) is 13.8 Å². The van der Waals surface area contributed by atoms with Crippen LogP contribution in [0.5, 0.6) is 0 Å². The second-order valence-electron chi connectivity index (χ2n) is 3.03. The van der Waals surface area contributed by atoms with Crippen LogP contribution in [0.3, 0.4) is 0 Å². The lowest BCUT2D eigenvalue weighted by Crippen LogP contribution is -2.15. The van der Waals surface area contributed by atoms with E-state index in [2.05, 4.69) is 5.32 Å². The minimum Gasteiger partial charge on any atom is -0.365 e. The van der Waals surface area contributed by atoms with Crippen LogP contribution in [0.2, 0.25) is 0 Å². The van der Waals surface area contributed by atoms with E-state index in [-0.39, 0.29) is 5.91 Å². The number of anilines is 1. The van der Waals surface area contributed by atoms with Crippen molar-refractivity contribution in [3.8, 4) is 0 Å². The highest BCUT2D eigenvalue weighted by molar-refractivity contribution is 7.16. The van der Waals surface area contributed by atoms with E-state index >= 15 is 0 Å². The average Bonchev–Trinajstić information content (AvgIpc) is 2.26. The van der Waals surface area contributed by atoms with Crippen molar-refractivity contribution in [3.63, 3.8) is 0 Å². The zero-order valence-corrected chi connectivity index (χ0v) is 9.12. The van der Waals surface area contributed by atoms with Crippen molar-refractivity contribution >= 4 is 28.2 Å². The number of thiophene rings is 1. The first kappa shape index (κ1) is 10.7. The third-order valence-corrected chi connectivity index (χ3v) is 3.04. The molecule has 0 atom stereocenters. The summed E-state index contributed by atoms with van der Waals surface area (Å²) in [5.74, 6) is -0.704. The maximum absolute atomic E-state index is 11.1. The summed E-state index contributed by atoms with van der Waals surface area (Å²) in [6, 6.07) is 0. The first-order valence-corrected chi connectivity index (χ1v) is 4.92. The smallest absolute Gasteiger partial charge is 0.251 e. The van der Waals surface area contributed by atoms with Gasteiger partial charge < -0.3 is 11.1 Å². The summed E-state index contributed by atoms with van der Waals surface area (Å²) >= 11 is 1.36. The molecule has 76 valence electrons. The van der Waals surface area contributed by atoms with E-state index in [4.69, 9.17) is 5.73 Å². The third kappa shape index (κ3) is 1.93. The number of aryl methyl sites for hydroxylation is 1. The molecule has 0 aliphatic carbocycles. The van der Waals surface area contributed by atoms with E-state index < -0.39 is 5.91 Å². The number of primary amides is 1. The Balaban J connectivity index is 3.22. The van der Waals surface area contributed by atoms with Gasteiger partial charge in [0.1, 0.15) is 5.00 Å². The molecule has 0 unspecified atom stereocenters. The average molecular weight is 212 g/mol. The summed E-state index contributed by atoms with van der Waals surface area (Å²) in [5.41, 5.74) is 6.48. The minimum atomic E-state index is -0.504. The van der Waals surface area contributed by atoms with Gasteiger partial charge in [0, 0.05) is 11.8 Å². The molecule has 1 rings (SSSR count). The van der Waals surface area contributed by atoms with Crippen LogP contribution < -0.4 is 11.1 Å². The normalized spacial score (nSPS) is 9.93. The van der Waals surface area contributed by atoms with Crippen LogP contribution in [0.15, 0.2) is 0 Å². The number of nitrogens with two attached hydrogens (primary N) is 1. The van der Waals surface area contributed by atoms with Gasteiger partial charge in [-0.05, 0) is 19.4 Å². The van der Waals surface area contributed by atoms with Crippen molar-refractivity contribution in [2.45, 2.75) is 20.8 Å². The highest BCUT2D eigenvalue weighted by Gasteiger charge is 2.17. The van der Waals surface area contributed by atoms with Gasteiger partial charge in [-0.1, -0.05) is 0 Å². The fourth-order valence-corrected chi connectivity index (χ4v) is 2.28. The molecule has 2 amide bonds. The standard InChI is InChI=1S/C9H12N2O2S/c1-4-5(2)14-9(11-6(3)12)7(4)8(10)13/h1-3H3,(H2,10,13)(H,11,12). The molecule has 0 fully saturated rings. The molecular formula is C9H12N2O2S. The van der Waals surface area contributed by atoms with E-state index in [1.54, 1.807) is 0 Å². The topological polar surface area (TPSA) is 72.2 Å². The van der Waals surface area contributed by atoms with E-state index in [0.29, 0.717) is 10.6 Å². The summed E-state index contributed by atoms with van der Waals surface area (Å²) < 4.78 is 0. The largest absolute Gasteiger partial charge is 0.365 e. The number of hydrogen-bond acceptors (Lipinski definition) is 3. The number of rotatable bonds is 2. The summed E-state index contributed by atoms with van der Waals surface area (Å²) in [6.07, 6.45) is 0. The van der Waals surface area contributed by atoms with Crippen LogP contribution in [0, 0.1) is 13.8 Å². The lowest BCUT2D eigenvalue weighted by atomic mass is 10.1. The van der Waals surface area contributed by atoms with E-state index in [9.17, 15) is 9.59 Å². The maximum Gasteiger partial charge on any atom is 0.251 e. The quantitative estimate of drug-likeness (QED) is 0.778. The second-order valence-corrected chi connectivity index (χ2v) is 4.26. The molecule has 0 saturated carbocycles. The van der Waals surface area contributed by atoms with Gasteiger partial charge in [0.25, 0.3) is 5.91 Å². The Morgan fingerprint density at radius 3 is 2.36 bits per heavy atom. The molecule has 14 heavy (non-hydrogen) atoms. The van der Waals surface area contributed by atoms with Crippen LogP contribution >= 0.6 is 11.3 Å². The molecule has 0 aliphatic heterocycles. The molecule has 0 spiro atoms. The van der Waals surface area contributed by atoms with Gasteiger partial charge in [-0.25, -0.2) is 0 Å². The lowest BCUT2D eigenvalue weighted by molar-refractivity contribution is -0.114. The van der Waals surface area contributed by atoms with Gasteiger partial charge in [0.05, 0.1) is 5.56 Å². The van der Waals surface area contributed by atoms with Crippen molar-refractivity contribution in [1.82, 2.24) is 0 Å². The number of hydrogen-bond donors (Lipinski definition) is 2. The minimum absolute atomic E-state index is 0.200. The fourth-order valence-electron chi connectivity index (χ4n) is 1.17. The molecule has 3 N–H and O–H groups in total. The van der Waals surface area contributed by atoms with Crippen molar-refractivity contribution in [1.29, 1.82) is 0 Å². The Kier molecular flexibility index (Phi) is 2.90. The van der Waals surface area contributed by atoms with E-state index in [1.165, 1.54) is 18.3 Å². The lowest BCUT2D eigenvalue weighted by Gasteiger charge is -2.00. The van der Waals surface area contributed by atoms with Gasteiger partial charge in [-0.3, -0.25) is 9.59 Å². The summed E-state index contributed by atoms with van der Waals surface area (Å²) in [5, 5.41) is 3.14. The van der Waals surface area contributed by atoms with Crippen LogP contribution in [0.25, 0.3) is 0 Å². The highest BCUT2D eigenvalue weighted by atomic mass is 32.1. The molecule has 1 aromatic rings. The first-order chi connectivity index (χ1) is 6.43. The van der Waals surface area contributed by atoms with Gasteiger partial charge in [0.2, 0.25) is 5.91 Å². The van der Waals surface area contributed by atoms with Crippen molar-refractivity contribution in [3.05, 3.63) is 16.0 Å². The number of amides is 2. The Hall–Kier alpha value is -1.36. The Morgan fingerprint density at radius 1 is 1.36 bits per heavy atom. The van der Waals surface area contributed by atoms with Crippen molar-refractivity contribution < 1.29 is 9.59 Å². The molecule has 4 nitrogen and oxygen atoms in total. The maximum atomic E-state index is 11.1. The van der Waals surface area contributed by atoms with Gasteiger partial charge >= 0.3 is 0 Å². The van der Waals surface area contributed by atoms with Crippen LogP contribution in [0.1, 0.15) is 27.7 Å². The summed E-state index contributed by atoms with van der Waals surface area (Å²) in [6.45, 7) is 5.10. The molecule has 0 saturated heterocycles. The van der Waals surface area contributed by atoms with E-state index in [0.717, 1.165) is 10.4 Å². The molecule has 5 heteroatoms. The van der Waals surface area contributed by atoms with Gasteiger partial charge in [-0.15, -0.1) is 11.3 Å². The number of carbonyl (C=O) groups is 2. The zero-order valence-electron chi connectivity index (χ0n) is 8.30. The van der Waals surface area contributed by atoms with Gasteiger partial charge in [-0.2, -0.15) is 0 Å². The molecule has 0 aliphatic rings. The molecule has 0 aromatic carbocycles. The third-order valence-electron chi connectivity index (χ3n) is 1.92. The summed E-state index contributed by atoms with van der Waals surface area (Å²) in [7, 11) is 0. The Morgan fingerprint density at radius 2 is 1.93 bits per heavy atom. The molecule has 0 bridgehead atoms. The predicted molar refractivity (Wildman–Crippen MR) is 56.6 cm³/mol. The van der Waals surface area contributed by atoms with Crippen LogP contribution in [-0.2, 0) is 4.79 Å². The fraction of sp³-hybridized carbons (Fsp3) is 0.333. The first-order valence-electron chi connectivity index (χ1n) is 4.11. The molecule has 0 radical (unpaired) electrons. The molecule has 1 heterocycles. The Labute approximate surface area is 86.1 Å². The van der Waals surface area contributed by atoms with Crippen LogP contribution in [0.4, 0.5) is 5.00 Å². The van der Waals surface area contributed by atoms with Crippen molar-refractivity contribution in [2.24, 2.45) is 5.73 Å². The second kappa shape index (κ2) is 3.79. The Bertz CT molecular complexity index is 396. The monoisotopic (exact) mass is 212 g/mol.